The molecule has 3 aromatic carbocycles. The highest BCUT2D eigenvalue weighted by molar-refractivity contribution is 5.98. The van der Waals surface area contributed by atoms with E-state index < -0.39 is 0 Å². The third kappa shape index (κ3) is 4.13. The highest BCUT2D eigenvalue weighted by Crippen LogP contribution is 2.33. The molecule has 0 saturated heterocycles. The van der Waals surface area contributed by atoms with Gasteiger partial charge < -0.3 is 15.6 Å². The minimum absolute atomic E-state index is 0.264. The van der Waals surface area contributed by atoms with Crippen LogP contribution >= 0.6 is 0 Å². The Morgan fingerprint density at radius 3 is 2.15 bits per heavy atom. The van der Waals surface area contributed by atoms with Crippen LogP contribution in [0.4, 0.5) is 0 Å². The predicted octanol–water partition coefficient (Wildman–Crippen LogP) is 4.71. The van der Waals surface area contributed by atoms with Gasteiger partial charge in [0, 0.05) is 6.54 Å². The first-order valence-electron chi connectivity index (χ1n) is 8.68. The zero-order valence-corrected chi connectivity index (χ0v) is 14.9. The molecule has 0 unspecified atom stereocenters. The van der Waals surface area contributed by atoms with Gasteiger partial charge in [-0.15, -0.1) is 0 Å². The van der Waals surface area contributed by atoms with Crippen molar-refractivity contribution in [3.63, 3.8) is 0 Å². The average molecular weight is 345 g/mol. The van der Waals surface area contributed by atoms with E-state index >= 15 is 0 Å². The van der Waals surface area contributed by atoms with Gasteiger partial charge in [0.1, 0.15) is 18.1 Å². The Labute approximate surface area is 154 Å². The second-order valence-electron chi connectivity index (χ2n) is 6.08. The van der Waals surface area contributed by atoms with Gasteiger partial charge in [0.15, 0.2) is 0 Å². The van der Waals surface area contributed by atoms with Crippen LogP contribution < -0.4 is 10.5 Å². The summed E-state index contributed by atoms with van der Waals surface area (Å²) in [5, 5.41) is 9.85. The highest BCUT2D eigenvalue weighted by Gasteiger charge is 2.11. The zero-order chi connectivity index (χ0) is 18.4. The first-order chi connectivity index (χ1) is 12.7. The van der Waals surface area contributed by atoms with E-state index in [-0.39, 0.29) is 5.75 Å². The molecule has 0 radical (unpaired) electrons. The molecule has 0 heterocycles. The SMILES string of the molecule is C/C(=C(/c1ccccc1)c1ccc(OCCN)cc1)c1cccc(O)c1. The lowest BCUT2D eigenvalue weighted by molar-refractivity contribution is 0.328. The molecular formula is C23H23NO2. The molecule has 0 atom stereocenters. The minimum Gasteiger partial charge on any atom is -0.508 e. The van der Waals surface area contributed by atoms with Crippen LogP contribution in [-0.2, 0) is 0 Å². The van der Waals surface area contributed by atoms with Crippen LogP contribution in [0.1, 0.15) is 23.6 Å². The molecule has 3 N–H and O–H groups in total. The molecule has 0 saturated carbocycles. The van der Waals surface area contributed by atoms with Gasteiger partial charge in [0.05, 0.1) is 0 Å². The monoisotopic (exact) mass is 345 g/mol. The molecule has 132 valence electrons. The summed E-state index contributed by atoms with van der Waals surface area (Å²) in [6.07, 6.45) is 0. The van der Waals surface area contributed by atoms with Gasteiger partial charge in [-0.25, -0.2) is 0 Å². The fourth-order valence-corrected chi connectivity index (χ4v) is 2.98. The van der Waals surface area contributed by atoms with Gasteiger partial charge >= 0.3 is 0 Å². The van der Waals surface area contributed by atoms with Gasteiger partial charge in [0.25, 0.3) is 0 Å². The summed E-state index contributed by atoms with van der Waals surface area (Å²) in [4.78, 5) is 0. The maximum Gasteiger partial charge on any atom is 0.119 e. The Bertz CT molecular complexity index is 884. The second-order valence-corrected chi connectivity index (χ2v) is 6.08. The number of rotatable bonds is 6. The lowest BCUT2D eigenvalue weighted by Gasteiger charge is -2.15. The van der Waals surface area contributed by atoms with E-state index in [1.807, 2.05) is 42.5 Å². The maximum absolute atomic E-state index is 9.85. The quantitative estimate of drug-likeness (QED) is 0.636. The van der Waals surface area contributed by atoms with E-state index in [1.165, 1.54) is 0 Å². The van der Waals surface area contributed by atoms with E-state index in [4.69, 9.17) is 10.5 Å². The molecule has 3 aromatic rings. The number of ether oxygens (including phenoxy) is 1. The number of nitrogens with two attached hydrogens (primary N) is 1. The van der Waals surface area contributed by atoms with Crippen molar-refractivity contribution < 1.29 is 9.84 Å². The number of hydrogen-bond donors (Lipinski definition) is 2. The van der Waals surface area contributed by atoms with Crippen molar-refractivity contribution in [2.45, 2.75) is 6.92 Å². The topological polar surface area (TPSA) is 55.5 Å². The second kappa shape index (κ2) is 8.37. The highest BCUT2D eigenvalue weighted by atomic mass is 16.5. The summed E-state index contributed by atoms with van der Waals surface area (Å²) >= 11 is 0. The van der Waals surface area contributed by atoms with E-state index in [0.29, 0.717) is 13.2 Å². The third-order valence-electron chi connectivity index (χ3n) is 4.25. The zero-order valence-electron chi connectivity index (χ0n) is 14.9. The summed E-state index contributed by atoms with van der Waals surface area (Å²) in [7, 11) is 0. The Hall–Kier alpha value is -3.04. The largest absolute Gasteiger partial charge is 0.508 e. The predicted molar refractivity (Wildman–Crippen MR) is 107 cm³/mol. The maximum atomic E-state index is 9.85. The van der Waals surface area contributed by atoms with Gasteiger partial charge in [-0.2, -0.15) is 0 Å². The molecule has 0 aliphatic heterocycles. The van der Waals surface area contributed by atoms with Crippen LogP contribution in [0.5, 0.6) is 11.5 Å². The van der Waals surface area contributed by atoms with Crippen LogP contribution in [0.15, 0.2) is 78.9 Å². The van der Waals surface area contributed by atoms with Crippen molar-refractivity contribution in [3.05, 3.63) is 95.6 Å². The van der Waals surface area contributed by atoms with E-state index in [9.17, 15) is 5.11 Å². The normalized spacial score (nSPS) is 11.8. The van der Waals surface area contributed by atoms with E-state index in [0.717, 1.165) is 33.6 Å². The average Bonchev–Trinajstić information content (AvgIpc) is 2.68. The lowest BCUT2D eigenvalue weighted by Crippen LogP contribution is -2.10. The third-order valence-corrected chi connectivity index (χ3v) is 4.25. The van der Waals surface area contributed by atoms with Crippen LogP contribution in [0.2, 0.25) is 0 Å². The molecule has 0 aliphatic carbocycles. The minimum atomic E-state index is 0.264. The van der Waals surface area contributed by atoms with Crippen molar-refractivity contribution in [2.75, 3.05) is 13.2 Å². The first-order valence-corrected chi connectivity index (χ1v) is 8.68. The first kappa shape index (κ1) is 17.8. The molecule has 3 heteroatoms. The lowest BCUT2D eigenvalue weighted by atomic mass is 9.90. The van der Waals surface area contributed by atoms with Crippen molar-refractivity contribution >= 4 is 11.1 Å². The number of hydrogen-bond acceptors (Lipinski definition) is 3. The summed E-state index contributed by atoms with van der Waals surface area (Å²) in [6, 6.07) is 25.6. The number of allylic oxidation sites excluding steroid dienone is 1. The van der Waals surface area contributed by atoms with Gasteiger partial charge in [0.2, 0.25) is 0 Å². The van der Waals surface area contributed by atoms with Crippen molar-refractivity contribution in [1.82, 2.24) is 0 Å². The summed E-state index contributed by atoms with van der Waals surface area (Å²) < 4.78 is 5.58. The van der Waals surface area contributed by atoms with Crippen LogP contribution in [0, 0.1) is 0 Å². The standard InChI is InChI=1S/C23H23NO2/c1-17(20-8-5-9-21(25)16-20)23(18-6-3-2-4-7-18)19-10-12-22(13-11-19)26-15-14-24/h2-13,16,25H,14-15,24H2,1H3/b23-17+. The molecule has 0 fully saturated rings. The van der Waals surface area contributed by atoms with Gasteiger partial charge in [-0.3, -0.25) is 0 Å². The number of aromatic hydroxyl groups is 1. The molecule has 0 aliphatic rings. The van der Waals surface area contributed by atoms with Gasteiger partial charge in [-0.1, -0.05) is 54.6 Å². The summed E-state index contributed by atoms with van der Waals surface area (Å²) in [6.45, 7) is 3.08. The fourth-order valence-electron chi connectivity index (χ4n) is 2.98. The van der Waals surface area contributed by atoms with Crippen molar-refractivity contribution in [2.24, 2.45) is 5.73 Å². The van der Waals surface area contributed by atoms with Crippen LogP contribution in [0.25, 0.3) is 11.1 Å². The molecule has 26 heavy (non-hydrogen) atoms. The molecule has 0 amide bonds. The Kier molecular flexibility index (Phi) is 5.72. The number of phenols is 1. The Balaban J connectivity index is 2.09. The number of benzene rings is 3. The van der Waals surface area contributed by atoms with Crippen molar-refractivity contribution in [1.29, 1.82) is 0 Å². The molecule has 0 aromatic heterocycles. The van der Waals surface area contributed by atoms with Crippen LogP contribution in [-0.4, -0.2) is 18.3 Å². The molecular weight excluding hydrogens is 322 g/mol. The van der Waals surface area contributed by atoms with Crippen molar-refractivity contribution in [3.8, 4) is 11.5 Å². The molecule has 0 bridgehead atoms. The van der Waals surface area contributed by atoms with Crippen LogP contribution in [0.3, 0.4) is 0 Å². The Morgan fingerprint density at radius 1 is 0.846 bits per heavy atom. The van der Waals surface area contributed by atoms with E-state index in [1.54, 1.807) is 12.1 Å². The van der Waals surface area contributed by atoms with Gasteiger partial charge in [-0.05, 0) is 59.0 Å². The summed E-state index contributed by atoms with van der Waals surface area (Å²) in [5.74, 6) is 1.07. The molecule has 0 spiro atoms. The smallest absolute Gasteiger partial charge is 0.119 e. The summed E-state index contributed by atoms with van der Waals surface area (Å²) in [5.41, 5.74) is 10.9. The Morgan fingerprint density at radius 2 is 1.50 bits per heavy atom. The number of phenolic OH excluding ortho intramolecular Hbond substituents is 1. The van der Waals surface area contributed by atoms with E-state index in [2.05, 4.69) is 31.2 Å². The molecule has 3 rings (SSSR count). The fraction of sp³-hybridized carbons (Fsp3) is 0.130. The molecule has 3 nitrogen and oxygen atoms in total.